The number of fused-ring (bicyclic) bond motifs is 1. The normalized spacial score (nSPS) is 15.7. The molecule has 7 heteroatoms. The maximum Gasteiger partial charge on any atom is 0.273 e. The summed E-state index contributed by atoms with van der Waals surface area (Å²) in [5, 5.41) is 7.31. The van der Waals surface area contributed by atoms with Crippen LogP contribution in [0.25, 0.3) is 16.8 Å². The van der Waals surface area contributed by atoms with E-state index in [4.69, 9.17) is 5.73 Å². The topological polar surface area (TPSA) is 87.9 Å². The number of nitrogens with zero attached hydrogens (tertiary/aromatic N) is 3. The molecule has 3 heterocycles. The molecule has 1 atom stereocenters. The lowest BCUT2D eigenvalue weighted by Crippen LogP contribution is -2.31. The molecule has 0 saturated carbocycles. The maximum absolute atomic E-state index is 13.5. The van der Waals surface area contributed by atoms with Crippen LogP contribution in [0.3, 0.4) is 0 Å². The predicted molar refractivity (Wildman–Crippen MR) is 124 cm³/mol. The van der Waals surface area contributed by atoms with Crippen molar-refractivity contribution in [1.82, 2.24) is 20.1 Å². The molecule has 0 bridgehead atoms. The first-order chi connectivity index (χ1) is 16.2. The first kappa shape index (κ1) is 20.6. The highest BCUT2D eigenvalue weighted by atomic mass is 19.1. The number of H-pyrrole nitrogens is 1. The molecule has 164 valence electrons. The quantitative estimate of drug-likeness (QED) is 0.462. The molecule has 0 radical (unpaired) electrons. The fourth-order valence-electron chi connectivity index (χ4n) is 4.32. The SMILES string of the molecule is N/C=C(\CCN1C(=O)c2[nH]nc(-c3ccc(F)cc3)c2[C@H]1c1ccccn1)c1ccccc1. The molecular formula is C26H22FN5O. The molecule has 0 spiro atoms. The molecule has 4 aromatic rings. The third kappa shape index (κ3) is 3.78. The van der Waals surface area contributed by atoms with E-state index >= 15 is 0 Å². The summed E-state index contributed by atoms with van der Waals surface area (Å²) in [5.74, 6) is -0.474. The largest absolute Gasteiger partial charge is 0.404 e. The van der Waals surface area contributed by atoms with Crippen LogP contribution >= 0.6 is 0 Å². The van der Waals surface area contributed by atoms with Crippen LogP contribution in [0.4, 0.5) is 4.39 Å². The second kappa shape index (κ2) is 8.70. The van der Waals surface area contributed by atoms with Crippen LogP contribution in [-0.4, -0.2) is 32.5 Å². The number of rotatable bonds is 6. The summed E-state index contributed by atoms with van der Waals surface area (Å²) in [6, 6.07) is 21.2. The van der Waals surface area contributed by atoms with Crippen LogP contribution in [0, 0.1) is 5.82 Å². The summed E-state index contributed by atoms with van der Waals surface area (Å²) in [6.07, 6.45) is 3.89. The Morgan fingerprint density at radius 1 is 1.06 bits per heavy atom. The standard InChI is InChI=1S/C26H22FN5O/c27-20-11-9-18(10-12-20)23-22-24(31-30-23)26(33)32(25(22)21-8-4-5-14-29-21)15-13-19(16-28)17-6-2-1-3-7-17/h1-12,14,16,25H,13,15,28H2,(H,30,31)/b19-16+/t25-/m1/s1. The highest BCUT2D eigenvalue weighted by Gasteiger charge is 2.42. The predicted octanol–water partition coefficient (Wildman–Crippen LogP) is 4.55. The van der Waals surface area contributed by atoms with Gasteiger partial charge in [-0.25, -0.2) is 4.39 Å². The van der Waals surface area contributed by atoms with Crippen LogP contribution in [0.15, 0.2) is 85.2 Å². The molecule has 0 saturated heterocycles. The molecular weight excluding hydrogens is 417 g/mol. The average molecular weight is 439 g/mol. The van der Waals surface area contributed by atoms with Gasteiger partial charge >= 0.3 is 0 Å². The van der Waals surface area contributed by atoms with Crippen molar-refractivity contribution in [2.24, 2.45) is 5.73 Å². The van der Waals surface area contributed by atoms with E-state index in [2.05, 4.69) is 15.2 Å². The van der Waals surface area contributed by atoms with Crippen molar-refractivity contribution in [3.8, 4) is 11.3 Å². The Morgan fingerprint density at radius 3 is 2.52 bits per heavy atom. The zero-order valence-corrected chi connectivity index (χ0v) is 17.8. The van der Waals surface area contributed by atoms with Crippen LogP contribution in [0.1, 0.15) is 39.8 Å². The number of carbonyl (C=O) groups excluding carboxylic acids is 1. The van der Waals surface area contributed by atoms with E-state index in [0.717, 1.165) is 28.0 Å². The zero-order chi connectivity index (χ0) is 22.8. The van der Waals surface area contributed by atoms with Gasteiger partial charge in [0.1, 0.15) is 17.6 Å². The van der Waals surface area contributed by atoms with Crippen molar-refractivity contribution in [2.75, 3.05) is 6.54 Å². The van der Waals surface area contributed by atoms with Gasteiger partial charge in [-0.1, -0.05) is 36.4 Å². The van der Waals surface area contributed by atoms with Gasteiger partial charge in [-0.05, 0) is 60.2 Å². The van der Waals surface area contributed by atoms with Gasteiger partial charge in [0.05, 0.1) is 11.4 Å². The molecule has 1 amide bonds. The number of hydrogen-bond donors (Lipinski definition) is 2. The number of amides is 1. The molecule has 2 aromatic carbocycles. The zero-order valence-electron chi connectivity index (χ0n) is 17.8. The van der Waals surface area contributed by atoms with Gasteiger partial charge in [0.15, 0.2) is 0 Å². The lowest BCUT2D eigenvalue weighted by molar-refractivity contribution is 0.0745. The number of carbonyl (C=O) groups is 1. The summed E-state index contributed by atoms with van der Waals surface area (Å²) < 4.78 is 13.5. The Kier molecular flexibility index (Phi) is 5.44. The monoisotopic (exact) mass is 439 g/mol. The molecule has 1 aliphatic rings. The van der Waals surface area contributed by atoms with Crippen molar-refractivity contribution in [3.05, 3.63) is 114 Å². The Hall–Kier alpha value is -4.26. The van der Waals surface area contributed by atoms with E-state index in [0.29, 0.717) is 24.4 Å². The fourth-order valence-corrected chi connectivity index (χ4v) is 4.32. The van der Waals surface area contributed by atoms with Gasteiger partial charge in [-0.15, -0.1) is 0 Å². The minimum absolute atomic E-state index is 0.147. The first-order valence-electron chi connectivity index (χ1n) is 10.7. The van der Waals surface area contributed by atoms with E-state index in [1.165, 1.54) is 12.1 Å². The third-order valence-corrected chi connectivity index (χ3v) is 5.92. The first-order valence-corrected chi connectivity index (χ1v) is 10.7. The van der Waals surface area contributed by atoms with Crippen molar-refractivity contribution in [1.29, 1.82) is 0 Å². The third-order valence-electron chi connectivity index (χ3n) is 5.92. The molecule has 0 unspecified atom stereocenters. The number of benzene rings is 2. The number of pyridine rings is 1. The molecule has 0 fully saturated rings. The van der Waals surface area contributed by atoms with Gasteiger partial charge in [0, 0.05) is 23.9 Å². The lowest BCUT2D eigenvalue weighted by Gasteiger charge is -2.26. The van der Waals surface area contributed by atoms with Crippen LogP contribution in [-0.2, 0) is 0 Å². The number of hydrogen-bond acceptors (Lipinski definition) is 4. The van der Waals surface area contributed by atoms with E-state index in [1.807, 2.05) is 48.5 Å². The highest BCUT2D eigenvalue weighted by molar-refractivity contribution is 6.00. The molecule has 0 aliphatic carbocycles. The summed E-state index contributed by atoms with van der Waals surface area (Å²) >= 11 is 0. The molecule has 33 heavy (non-hydrogen) atoms. The number of aromatic nitrogens is 3. The molecule has 6 nitrogen and oxygen atoms in total. The van der Waals surface area contributed by atoms with Gasteiger partial charge in [-0.2, -0.15) is 5.10 Å². The summed E-state index contributed by atoms with van der Waals surface area (Å²) in [5.41, 5.74) is 11.2. The Balaban J connectivity index is 1.53. The smallest absolute Gasteiger partial charge is 0.273 e. The number of nitrogens with two attached hydrogens (primary N) is 1. The Labute approximate surface area is 190 Å². The summed E-state index contributed by atoms with van der Waals surface area (Å²) in [4.78, 5) is 19.8. The van der Waals surface area contributed by atoms with E-state index < -0.39 is 6.04 Å². The summed E-state index contributed by atoms with van der Waals surface area (Å²) in [7, 11) is 0. The number of aromatic amines is 1. The second-order valence-corrected chi connectivity index (χ2v) is 7.83. The molecule has 1 aliphatic heterocycles. The lowest BCUT2D eigenvalue weighted by atomic mass is 9.98. The fraction of sp³-hybridized carbons (Fsp3) is 0.115. The van der Waals surface area contributed by atoms with Crippen LogP contribution < -0.4 is 5.73 Å². The van der Waals surface area contributed by atoms with Gasteiger partial charge < -0.3 is 10.6 Å². The minimum Gasteiger partial charge on any atom is -0.404 e. The van der Waals surface area contributed by atoms with E-state index in [1.54, 1.807) is 29.4 Å². The van der Waals surface area contributed by atoms with Crippen LogP contribution in [0.2, 0.25) is 0 Å². The molecule has 2 aromatic heterocycles. The Bertz CT molecular complexity index is 1300. The second-order valence-electron chi connectivity index (χ2n) is 7.83. The number of halogens is 1. The van der Waals surface area contributed by atoms with Gasteiger partial charge in [0.2, 0.25) is 0 Å². The van der Waals surface area contributed by atoms with Crippen molar-refractivity contribution in [2.45, 2.75) is 12.5 Å². The maximum atomic E-state index is 13.5. The van der Waals surface area contributed by atoms with Crippen LogP contribution in [0.5, 0.6) is 0 Å². The van der Waals surface area contributed by atoms with Gasteiger partial charge in [-0.3, -0.25) is 14.9 Å². The summed E-state index contributed by atoms with van der Waals surface area (Å²) in [6.45, 7) is 0.448. The highest BCUT2D eigenvalue weighted by Crippen LogP contribution is 2.42. The molecule has 5 rings (SSSR count). The van der Waals surface area contributed by atoms with Crippen molar-refractivity contribution >= 4 is 11.5 Å². The van der Waals surface area contributed by atoms with E-state index in [-0.39, 0.29) is 11.7 Å². The van der Waals surface area contributed by atoms with E-state index in [9.17, 15) is 9.18 Å². The molecule has 3 N–H and O–H groups in total. The Morgan fingerprint density at radius 2 is 1.82 bits per heavy atom. The average Bonchev–Trinajstić information content (AvgIpc) is 3.40. The van der Waals surface area contributed by atoms with Crippen molar-refractivity contribution < 1.29 is 9.18 Å². The van der Waals surface area contributed by atoms with Gasteiger partial charge in [0.25, 0.3) is 5.91 Å². The number of nitrogens with one attached hydrogen (secondary N) is 1. The minimum atomic E-state index is -0.415. The van der Waals surface area contributed by atoms with Crippen molar-refractivity contribution in [3.63, 3.8) is 0 Å².